The van der Waals surface area contributed by atoms with Crippen LogP contribution in [0.15, 0.2) is 57.9 Å². The molecule has 0 aliphatic carbocycles. The molecule has 6 heteroatoms. The fourth-order valence-electron chi connectivity index (χ4n) is 2.52. The highest BCUT2D eigenvalue weighted by Gasteiger charge is 2.18. The first kappa shape index (κ1) is 19.4. The van der Waals surface area contributed by atoms with E-state index in [9.17, 15) is 8.42 Å². The largest absolute Gasteiger partial charge is 0.309 e. The van der Waals surface area contributed by atoms with Gasteiger partial charge in [0.25, 0.3) is 0 Å². The summed E-state index contributed by atoms with van der Waals surface area (Å²) in [7, 11) is -3.29. The quantitative estimate of drug-likeness (QED) is 0.682. The first-order chi connectivity index (χ1) is 11.3. The Labute approximate surface area is 157 Å². The molecule has 0 fully saturated rings. The summed E-state index contributed by atoms with van der Waals surface area (Å²) >= 11 is 9.25. The molecule has 2 aromatic rings. The van der Waals surface area contributed by atoms with Crippen molar-refractivity contribution >= 4 is 37.4 Å². The van der Waals surface area contributed by atoms with Crippen molar-refractivity contribution in [3.8, 4) is 0 Å². The van der Waals surface area contributed by atoms with E-state index in [0.717, 1.165) is 10.0 Å². The van der Waals surface area contributed by atoms with Gasteiger partial charge < -0.3 is 5.32 Å². The monoisotopic (exact) mass is 429 g/mol. The maximum atomic E-state index is 12.4. The van der Waals surface area contributed by atoms with E-state index < -0.39 is 9.84 Å². The Bertz CT molecular complexity index is 759. The fourth-order valence-corrected chi connectivity index (χ4v) is 4.08. The van der Waals surface area contributed by atoms with Crippen molar-refractivity contribution < 1.29 is 8.42 Å². The summed E-state index contributed by atoms with van der Waals surface area (Å²) in [4.78, 5) is 0.347. The Balaban J connectivity index is 2.02. The summed E-state index contributed by atoms with van der Waals surface area (Å²) in [5.74, 6) is 0.396. The standard InChI is InChI=1S/C18H21BrClNO2S/c1-13(2)18(14-3-7-16(20)8-4-14)21-11-12-24(22,23)17-9-5-15(19)6-10-17/h3-10,13,18,21H,11-12H2,1-2H3. The molecule has 0 saturated carbocycles. The average molecular weight is 431 g/mol. The highest BCUT2D eigenvalue weighted by Crippen LogP contribution is 2.23. The van der Waals surface area contributed by atoms with Crippen LogP contribution in [-0.2, 0) is 9.84 Å². The summed E-state index contributed by atoms with van der Waals surface area (Å²) < 4.78 is 25.7. The minimum atomic E-state index is -3.29. The van der Waals surface area contributed by atoms with Gasteiger partial charge in [0.15, 0.2) is 9.84 Å². The number of halogens is 2. The first-order valence-corrected chi connectivity index (χ1v) is 10.6. The number of benzene rings is 2. The van der Waals surface area contributed by atoms with Crippen LogP contribution in [0.4, 0.5) is 0 Å². The van der Waals surface area contributed by atoms with Gasteiger partial charge in [-0.25, -0.2) is 8.42 Å². The van der Waals surface area contributed by atoms with E-state index in [2.05, 4.69) is 35.1 Å². The van der Waals surface area contributed by atoms with Gasteiger partial charge in [0.1, 0.15) is 0 Å². The van der Waals surface area contributed by atoms with Crippen molar-refractivity contribution in [2.75, 3.05) is 12.3 Å². The third kappa shape index (κ3) is 5.31. The SMILES string of the molecule is CC(C)C(NCCS(=O)(=O)c1ccc(Br)cc1)c1ccc(Cl)cc1. The van der Waals surface area contributed by atoms with E-state index in [1.807, 2.05) is 24.3 Å². The van der Waals surface area contributed by atoms with Crippen LogP contribution >= 0.6 is 27.5 Å². The third-order valence-electron chi connectivity index (χ3n) is 3.80. The zero-order chi connectivity index (χ0) is 17.7. The lowest BCUT2D eigenvalue weighted by Gasteiger charge is -2.23. The number of hydrogen-bond acceptors (Lipinski definition) is 3. The molecule has 1 unspecified atom stereocenters. The van der Waals surface area contributed by atoms with Crippen LogP contribution in [0.3, 0.4) is 0 Å². The van der Waals surface area contributed by atoms with Gasteiger partial charge in [-0.2, -0.15) is 0 Å². The van der Waals surface area contributed by atoms with E-state index >= 15 is 0 Å². The van der Waals surface area contributed by atoms with E-state index in [4.69, 9.17) is 11.6 Å². The van der Waals surface area contributed by atoms with Gasteiger partial charge in [-0.05, 0) is 47.9 Å². The van der Waals surface area contributed by atoms with Crippen LogP contribution in [0, 0.1) is 5.92 Å². The minimum absolute atomic E-state index is 0.0610. The molecule has 24 heavy (non-hydrogen) atoms. The molecule has 0 heterocycles. The second-order valence-corrected chi connectivity index (χ2v) is 9.46. The van der Waals surface area contributed by atoms with Gasteiger partial charge in [-0.1, -0.05) is 53.5 Å². The maximum Gasteiger partial charge on any atom is 0.179 e. The molecule has 0 spiro atoms. The van der Waals surface area contributed by atoms with Gasteiger partial charge in [-0.15, -0.1) is 0 Å². The van der Waals surface area contributed by atoms with Crippen LogP contribution < -0.4 is 5.32 Å². The molecule has 3 nitrogen and oxygen atoms in total. The summed E-state index contributed by atoms with van der Waals surface area (Å²) in [5.41, 5.74) is 1.11. The molecule has 2 aromatic carbocycles. The lowest BCUT2D eigenvalue weighted by molar-refractivity contribution is 0.421. The summed E-state index contributed by atoms with van der Waals surface area (Å²) in [6, 6.07) is 14.5. The summed E-state index contributed by atoms with van der Waals surface area (Å²) in [5, 5.41) is 4.05. The van der Waals surface area contributed by atoms with E-state index in [-0.39, 0.29) is 11.8 Å². The van der Waals surface area contributed by atoms with Crippen LogP contribution in [-0.4, -0.2) is 20.7 Å². The molecule has 0 saturated heterocycles. The molecule has 1 atom stereocenters. The van der Waals surface area contributed by atoms with Crippen molar-refractivity contribution in [2.45, 2.75) is 24.8 Å². The Kier molecular flexibility index (Phi) is 6.87. The van der Waals surface area contributed by atoms with Crippen molar-refractivity contribution in [1.29, 1.82) is 0 Å². The van der Waals surface area contributed by atoms with Crippen LogP contribution in [0.1, 0.15) is 25.5 Å². The molecule has 0 bridgehead atoms. The van der Waals surface area contributed by atoms with E-state index in [1.165, 1.54) is 0 Å². The molecule has 130 valence electrons. The second kappa shape index (κ2) is 8.48. The second-order valence-electron chi connectivity index (χ2n) is 6.00. The number of rotatable bonds is 7. The van der Waals surface area contributed by atoms with Crippen LogP contribution in [0.5, 0.6) is 0 Å². The van der Waals surface area contributed by atoms with Crippen LogP contribution in [0.2, 0.25) is 5.02 Å². The van der Waals surface area contributed by atoms with Crippen LogP contribution in [0.25, 0.3) is 0 Å². The summed E-state index contributed by atoms with van der Waals surface area (Å²) in [6.07, 6.45) is 0. The molecule has 0 radical (unpaired) electrons. The van der Waals surface area contributed by atoms with Gasteiger partial charge in [0, 0.05) is 22.1 Å². The Morgan fingerprint density at radius 3 is 2.17 bits per heavy atom. The fraction of sp³-hybridized carbons (Fsp3) is 0.333. The molecule has 0 aliphatic heterocycles. The van der Waals surface area contributed by atoms with E-state index in [1.54, 1.807) is 24.3 Å². The molecule has 0 aliphatic rings. The zero-order valence-electron chi connectivity index (χ0n) is 13.7. The lowest BCUT2D eigenvalue weighted by Crippen LogP contribution is -2.30. The molecule has 2 rings (SSSR count). The van der Waals surface area contributed by atoms with Crippen molar-refractivity contribution in [3.05, 3.63) is 63.6 Å². The number of nitrogens with one attached hydrogen (secondary N) is 1. The predicted molar refractivity (Wildman–Crippen MR) is 103 cm³/mol. The topological polar surface area (TPSA) is 46.2 Å². The van der Waals surface area contributed by atoms with Gasteiger partial charge in [-0.3, -0.25) is 0 Å². The third-order valence-corrected chi connectivity index (χ3v) is 6.32. The zero-order valence-corrected chi connectivity index (χ0v) is 16.8. The van der Waals surface area contributed by atoms with Gasteiger partial charge in [0.05, 0.1) is 10.6 Å². The normalized spacial score (nSPS) is 13.2. The molecule has 0 amide bonds. The number of sulfone groups is 1. The lowest BCUT2D eigenvalue weighted by atomic mass is 9.96. The highest BCUT2D eigenvalue weighted by atomic mass is 79.9. The van der Waals surface area contributed by atoms with Crippen molar-refractivity contribution in [3.63, 3.8) is 0 Å². The predicted octanol–water partition coefficient (Wildman–Crippen LogP) is 4.86. The maximum absolute atomic E-state index is 12.4. The average Bonchev–Trinajstić information content (AvgIpc) is 2.53. The van der Waals surface area contributed by atoms with E-state index in [0.29, 0.717) is 22.4 Å². The van der Waals surface area contributed by atoms with Crippen molar-refractivity contribution in [2.24, 2.45) is 5.92 Å². The molecule has 0 aromatic heterocycles. The van der Waals surface area contributed by atoms with Crippen molar-refractivity contribution in [1.82, 2.24) is 5.32 Å². The minimum Gasteiger partial charge on any atom is -0.309 e. The Morgan fingerprint density at radius 1 is 1.04 bits per heavy atom. The van der Waals surface area contributed by atoms with Gasteiger partial charge in [0.2, 0.25) is 0 Å². The molecular weight excluding hydrogens is 410 g/mol. The smallest absolute Gasteiger partial charge is 0.179 e. The molecular formula is C18H21BrClNO2S. The highest BCUT2D eigenvalue weighted by molar-refractivity contribution is 9.10. The Morgan fingerprint density at radius 2 is 1.62 bits per heavy atom. The van der Waals surface area contributed by atoms with Gasteiger partial charge >= 0.3 is 0 Å². The molecule has 1 N–H and O–H groups in total. The Hall–Kier alpha value is -0.880. The first-order valence-electron chi connectivity index (χ1n) is 7.77. The summed E-state index contributed by atoms with van der Waals surface area (Å²) in [6.45, 7) is 4.61. The number of hydrogen-bond donors (Lipinski definition) is 1.